The number of aromatic nitrogens is 4. The van der Waals surface area contributed by atoms with E-state index < -0.39 is 54.1 Å². The summed E-state index contributed by atoms with van der Waals surface area (Å²) in [4.78, 5) is 8.07. The fourth-order valence-electron chi connectivity index (χ4n) is 19.6. The summed E-state index contributed by atoms with van der Waals surface area (Å²) in [5.74, 6) is 7.71. The minimum Gasteiger partial charge on any atom is -0.481 e. The maximum Gasteiger partial charge on any atom is 0.416 e. The van der Waals surface area contributed by atoms with Gasteiger partial charge in [0.05, 0.1) is 50.4 Å². The van der Waals surface area contributed by atoms with Gasteiger partial charge in [0.1, 0.15) is 39.2 Å². The predicted octanol–water partition coefficient (Wildman–Crippen LogP) is 39.5. The van der Waals surface area contributed by atoms with Crippen molar-refractivity contribution in [1.29, 1.82) is 0 Å². The third-order valence-corrected chi connectivity index (χ3v) is 71.7. The van der Waals surface area contributed by atoms with Crippen molar-refractivity contribution in [2.24, 2.45) is 47.3 Å². The smallest absolute Gasteiger partial charge is 0.416 e. The number of ether oxygens (including phenoxy) is 2. The van der Waals surface area contributed by atoms with Gasteiger partial charge in [-0.25, -0.2) is 4.39 Å². The quantitative estimate of drug-likeness (QED) is 0.0215. The first-order valence-corrected chi connectivity index (χ1v) is 71.7. The number of alkyl halides is 4. The van der Waals surface area contributed by atoms with Crippen LogP contribution in [0.3, 0.4) is 0 Å². The van der Waals surface area contributed by atoms with E-state index >= 15 is 0 Å². The molecule has 10 aromatic rings. The average Bonchev–Trinajstić information content (AvgIpc) is 1.57. The van der Waals surface area contributed by atoms with Crippen LogP contribution in [-0.4, -0.2) is 61.4 Å². The van der Waals surface area contributed by atoms with Gasteiger partial charge in [-0.05, 0) is 130 Å². The van der Waals surface area contributed by atoms with E-state index in [1.165, 1.54) is 230 Å². The Hall–Kier alpha value is -2.87. The van der Waals surface area contributed by atoms with E-state index in [0.29, 0.717) is 50.1 Å². The monoisotopic (exact) mass is 2240 g/mol. The normalized spacial score (nSPS) is 15.9. The van der Waals surface area contributed by atoms with Crippen LogP contribution in [-0.2, 0) is 17.4 Å². The summed E-state index contributed by atoms with van der Waals surface area (Å²) in [7, 11) is 0.500. The Labute approximate surface area is 832 Å². The first kappa shape index (κ1) is 111. The van der Waals surface area contributed by atoms with Crippen molar-refractivity contribution in [1.82, 2.24) is 17.5 Å². The Kier molecular flexibility index (Phi) is 46.1. The average molecular weight is 2240 g/mol. The minimum atomic E-state index is -4.39. The topological polar surface area (TPSA) is 70.0 Å². The molecule has 720 valence electrons. The molecule has 2 aliphatic rings. The van der Waals surface area contributed by atoms with Crippen LogP contribution in [0.5, 0.6) is 11.5 Å². The number of thiophene rings is 4. The van der Waals surface area contributed by atoms with Crippen molar-refractivity contribution in [2.45, 2.75) is 381 Å². The summed E-state index contributed by atoms with van der Waals surface area (Å²) in [6.07, 6.45) is 37.1. The number of unbranched alkanes of at least 4 members (excludes halogenated alkanes) is 6. The number of aryl methyl sites for hydroxylation is 1. The van der Waals surface area contributed by atoms with Crippen LogP contribution in [0.15, 0.2) is 99.9 Å². The Bertz CT molecular complexity index is 4890. The van der Waals surface area contributed by atoms with Crippen molar-refractivity contribution in [3.8, 4) is 63.0 Å². The second-order valence-electron chi connectivity index (χ2n) is 40.7. The number of rotatable bonds is 51. The molecule has 21 heteroatoms. The number of nitrogens with zero attached hydrogens (tertiary/aromatic N) is 4. The van der Waals surface area contributed by atoms with Gasteiger partial charge in [0, 0.05) is 30.9 Å². The van der Waals surface area contributed by atoms with Crippen molar-refractivity contribution in [3.63, 3.8) is 0 Å². The minimum absolute atomic E-state index is 0.180. The van der Waals surface area contributed by atoms with Crippen LogP contribution in [0.25, 0.3) is 73.6 Å². The van der Waals surface area contributed by atoms with E-state index in [2.05, 4.69) is 248 Å². The van der Waals surface area contributed by atoms with E-state index in [4.69, 9.17) is 13.8 Å². The maximum atomic E-state index is 13.4. The van der Waals surface area contributed by atoms with E-state index in [-0.39, 0.29) is 11.4 Å². The number of fused-ring (bicyclic) bond motifs is 8. The molecular weight excluding hydrogens is 2080 g/mol. The summed E-state index contributed by atoms with van der Waals surface area (Å²) in [5.41, 5.74) is 9.31. The molecule has 12 rings (SSSR count). The Morgan fingerprint density at radius 3 is 1.15 bits per heavy atom. The van der Waals surface area contributed by atoms with E-state index in [1.54, 1.807) is 53.3 Å². The molecule has 4 atom stereocenters. The summed E-state index contributed by atoms with van der Waals surface area (Å²) in [6.45, 7) is 45.7. The molecule has 0 saturated carbocycles. The van der Waals surface area contributed by atoms with Crippen LogP contribution in [0, 0.1) is 60.1 Å². The third-order valence-electron chi connectivity index (χ3n) is 28.0. The van der Waals surface area contributed by atoms with Crippen molar-refractivity contribution < 1.29 is 31.4 Å². The van der Waals surface area contributed by atoms with Crippen LogP contribution < -0.4 is 15.3 Å². The Morgan fingerprint density at radius 1 is 0.377 bits per heavy atom. The molecule has 0 saturated heterocycles. The third kappa shape index (κ3) is 30.3. The van der Waals surface area contributed by atoms with Crippen molar-refractivity contribution in [2.75, 3.05) is 7.18 Å². The van der Waals surface area contributed by atoms with Gasteiger partial charge in [0.2, 0.25) is 0 Å². The number of hydrogen-bond acceptors (Lipinski definition) is 12. The molecule has 0 fully saturated rings. The Balaban J connectivity index is 0.000000254. The summed E-state index contributed by atoms with van der Waals surface area (Å²) < 4.78 is 110. The fraction of sp³-hybridized carbons (Fsp3) is 0.633. The number of halogens is 7. The molecule has 0 radical (unpaired) electrons. The number of benzene rings is 4. The molecule has 8 heterocycles. The van der Waals surface area contributed by atoms with Gasteiger partial charge >= 0.3 is 390 Å². The first-order valence-electron chi connectivity index (χ1n) is 50.4. The molecule has 0 N–H and O–H groups in total. The standard InChI is InChI=1S/C49H57F3N2OS3.C29H44OS2.C6HBr2FN2S.6C4H9.CH3F.2Sn/c1-30(2)10-8-12-32(5)24-26-48(27-25-33(6)13-9-11-31(3)4)40-28-42(36-16-14-34(7)15-17-36)56-46(40)47-41(55-48)29-43(57-47)39-23-22-38(44-45(39)54-58-53-44)35-18-20-37(21-19-35)49(50,51)52;1-21(2)9-7-11-23(5)13-17-29(18-14-24(6)12-8-10-22(3)4)25-15-19-31-27(25)28-26(30-29)16-20-32-28;7-2-1-3(9)4(8)6-5(2)10-12-11-6;6*1-3-4-2;1-2;;/h14-23,28-33H,8-13,24-27H2,1-7H3;15-16,21-24H,7-14,17-18H2,1-6H3;1H;6*1,3-4H2,2H3;1H3;;. The van der Waals surface area contributed by atoms with Crippen molar-refractivity contribution >= 4 is 165 Å². The van der Waals surface area contributed by atoms with Crippen LogP contribution in [0.2, 0.25) is 26.6 Å². The Morgan fingerprint density at radius 2 is 0.731 bits per heavy atom. The summed E-state index contributed by atoms with van der Waals surface area (Å²) >= 11 is 11.4. The molecule has 2 aliphatic heterocycles. The van der Waals surface area contributed by atoms with E-state index in [1.807, 2.05) is 29.3 Å². The molecule has 0 spiro atoms. The predicted molar refractivity (Wildman–Crippen MR) is 574 cm³/mol. The molecule has 0 bridgehead atoms. The van der Waals surface area contributed by atoms with Crippen LogP contribution >= 0.6 is 101 Å². The zero-order valence-electron chi connectivity index (χ0n) is 82.8. The molecular formula is C109H159Br2F5N4O2S6Sn2. The zero-order chi connectivity index (χ0) is 94.5. The van der Waals surface area contributed by atoms with Gasteiger partial charge < -0.3 is 4.74 Å². The largest absolute Gasteiger partial charge is 0.481 e. The summed E-state index contributed by atoms with van der Waals surface area (Å²) in [5, 5.41) is 0. The molecule has 6 aromatic heterocycles. The fourth-order valence-corrected chi connectivity index (χ4v) is 65.0. The van der Waals surface area contributed by atoms with E-state index in [0.717, 1.165) is 129 Å². The molecule has 0 aliphatic carbocycles. The molecule has 4 aromatic carbocycles. The molecule has 0 amide bonds. The van der Waals surface area contributed by atoms with Gasteiger partial charge in [-0.15, -0.1) is 22.7 Å². The van der Waals surface area contributed by atoms with Gasteiger partial charge in [-0.1, -0.05) is 134 Å². The first-order chi connectivity index (χ1) is 62.3. The molecule has 130 heavy (non-hydrogen) atoms. The van der Waals surface area contributed by atoms with Crippen LogP contribution in [0.4, 0.5) is 22.0 Å². The second-order valence-corrected chi connectivity index (χ2v) is 76.0. The van der Waals surface area contributed by atoms with Gasteiger partial charge in [0.15, 0.2) is 0 Å². The summed E-state index contributed by atoms with van der Waals surface area (Å²) in [6, 6.07) is 29.9. The second kappa shape index (κ2) is 54.1. The zero-order valence-corrected chi connectivity index (χ0v) is 96.6. The van der Waals surface area contributed by atoms with Crippen molar-refractivity contribution in [3.05, 3.63) is 128 Å². The molecule has 4 unspecified atom stereocenters. The van der Waals surface area contributed by atoms with Gasteiger partial charge in [-0.3, -0.25) is 4.39 Å². The number of hydrogen-bond donors (Lipinski definition) is 0. The molecule has 6 nitrogen and oxygen atoms in total. The van der Waals surface area contributed by atoms with Gasteiger partial charge in [0.25, 0.3) is 0 Å². The maximum absolute atomic E-state index is 13.4. The van der Waals surface area contributed by atoms with Gasteiger partial charge in [-0.2, -0.15) is 30.7 Å². The SMILES string of the molecule is CCC[CH2][Sn]([CH2]CCC)([CH2]CCC)[c]1cc2c(s1)-c1s[c]([Sn]([CH2]CCC)([CH2]CCC)[CH2]CCC)cc1C(CCC(C)CCCC(C)C)(CCC(C)CCCC(C)C)O2.CF.Cc1ccc(-c2cc3c(s2)-c2sc(-c4ccc(-c5ccc(C(F)(F)F)cc5)c5nsnc45)cc2OC3(CCC(C)CCCC(C)C)CCC(C)CCCC(C)C)cc1.Fc1cc(Br)c2nsnc2c1Br. The van der Waals surface area contributed by atoms with E-state index in [9.17, 15) is 22.0 Å². The van der Waals surface area contributed by atoms with Crippen LogP contribution in [0.1, 0.15) is 352 Å².